The van der Waals surface area contributed by atoms with E-state index in [0.717, 1.165) is 45.8 Å². The minimum Gasteiger partial charge on any atom is -0.325 e. The van der Waals surface area contributed by atoms with E-state index in [9.17, 15) is 4.79 Å². The van der Waals surface area contributed by atoms with Gasteiger partial charge in [0.2, 0.25) is 0 Å². The summed E-state index contributed by atoms with van der Waals surface area (Å²) in [5.74, 6) is 0. The second-order valence-electron chi connectivity index (χ2n) is 4.75. The Kier molecular flexibility index (Phi) is 4.04. The van der Waals surface area contributed by atoms with Gasteiger partial charge >= 0.3 is 6.03 Å². The van der Waals surface area contributed by atoms with Gasteiger partial charge < -0.3 is 14.7 Å². The molecule has 0 radical (unpaired) electrons. The Morgan fingerprint density at radius 3 is 2.00 bits per heavy atom. The Balaban J connectivity index is 1.81. The van der Waals surface area contributed by atoms with Crippen LogP contribution in [-0.4, -0.2) is 66.5 Å². The van der Waals surface area contributed by atoms with Gasteiger partial charge in [0.05, 0.1) is 0 Å². The summed E-state index contributed by atoms with van der Waals surface area (Å²) in [6.07, 6.45) is 3.65. The molecular formula is C12H23N3O. The number of hydrogen-bond acceptors (Lipinski definition) is 2. The zero-order chi connectivity index (χ0) is 11.4. The van der Waals surface area contributed by atoms with Gasteiger partial charge in [-0.1, -0.05) is 6.92 Å². The maximum Gasteiger partial charge on any atom is 0.320 e. The number of likely N-dealkylation sites (N-methyl/N-ethyl adjacent to an activating group) is 1. The molecule has 92 valence electrons. The first-order valence-corrected chi connectivity index (χ1v) is 6.57. The molecule has 0 aromatic heterocycles. The number of carbonyl (C=O) groups excluding carboxylic acids is 1. The summed E-state index contributed by atoms with van der Waals surface area (Å²) in [5.41, 5.74) is 0. The predicted molar refractivity (Wildman–Crippen MR) is 64.5 cm³/mol. The van der Waals surface area contributed by atoms with Crippen molar-refractivity contribution in [3.05, 3.63) is 0 Å². The van der Waals surface area contributed by atoms with E-state index < -0.39 is 0 Å². The summed E-state index contributed by atoms with van der Waals surface area (Å²) >= 11 is 0. The SMILES string of the molecule is CCN1CCN(C(=O)N2CCCCC2)CC1. The molecule has 0 N–H and O–H groups in total. The maximum absolute atomic E-state index is 12.2. The molecule has 2 amide bonds. The van der Waals surface area contributed by atoms with Gasteiger partial charge in [-0.25, -0.2) is 4.79 Å². The van der Waals surface area contributed by atoms with Crippen LogP contribution in [-0.2, 0) is 0 Å². The minimum absolute atomic E-state index is 0.274. The van der Waals surface area contributed by atoms with Crippen molar-refractivity contribution in [3.63, 3.8) is 0 Å². The third-order valence-electron chi connectivity index (χ3n) is 3.72. The third kappa shape index (κ3) is 2.67. The molecule has 4 heteroatoms. The van der Waals surface area contributed by atoms with Crippen LogP contribution in [0, 0.1) is 0 Å². The van der Waals surface area contributed by atoms with Gasteiger partial charge in [0.1, 0.15) is 0 Å². The fraction of sp³-hybridized carbons (Fsp3) is 0.917. The Labute approximate surface area is 98.2 Å². The quantitative estimate of drug-likeness (QED) is 0.671. The van der Waals surface area contributed by atoms with E-state index in [1.165, 1.54) is 19.3 Å². The van der Waals surface area contributed by atoms with Crippen molar-refractivity contribution in [1.29, 1.82) is 0 Å². The van der Waals surface area contributed by atoms with Gasteiger partial charge in [-0.2, -0.15) is 0 Å². The van der Waals surface area contributed by atoms with E-state index >= 15 is 0 Å². The Morgan fingerprint density at radius 1 is 0.875 bits per heavy atom. The largest absolute Gasteiger partial charge is 0.325 e. The zero-order valence-electron chi connectivity index (χ0n) is 10.3. The summed E-state index contributed by atoms with van der Waals surface area (Å²) in [6.45, 7) is 9.10. The number of hydrogen-bond donors (Lipinski definition) is 0. The molecule has 0 aliphatic carbocycles. The minimum atomic E-state index is 0.274. The number of carbonyl (C=O) groups is 1. The highest BCUT2D eigenvalue weighted by Crippen LogP contribution is 2.12. The van der Waals surface area contributed by atoms with E-state index in [1.807, 2.05) is 9.80 Å². The fourth-order valence-corrected chi connectivity index (χ4v) is 2.54. The van der Waals surface area contributed by atoms with Crippen LogP contribution in [0.25, 0.3) is 0 Å². The average molecular weight is 225 g/mol. The lowest BCUT2D eigenvalue weighted by molar-refractivity contribution is 0.109. The van der Waals surface area contributed by atoms with Crippen molar-refractivity contribution in [1.82, 2.24) is 14.7 Å². The summed E-state index contributed by atoms with van der Waals surface area (Å²) < 4.78 is 0. The summed E-state index contributed by atoms with van der Waals surface area (Å²) in [5, 5.41) is 0. The Morgan fingerprint density at radius 2 is 1.44 bits per heavy atom. The highest BCUT2D eigenvalue weighted by Gasteiger charge is 2.25. The van der Waals surface area contributed by atoms with Crippen LogP contribution in [0.2, 0.25) is 0 Å². The summed E-state index contributed by atoms with van der Waals surface area (Å²) in [7, 11) is 0. The van der Waals surface area contributed by atoms with Crippen molar-refractivity contribution >= 4 is 6.03 Å². The monoisotopic (exact) mass is 225 g/mol. The molecule has 0 unspecified atom stereocenters. The predicted octanol–water partition coefficient (Wildman–Crippen LogP) is 1.23. The van der Waals surface area contributed by atoms with Gasteiger partial charge in [0.15, 0.2) is 0 Å². The van der Waals surface area contributed by atoms with Crippen LogP contribution in [0.15, 0.2) is 0 Å². The van der Waals surface area contributed by atoms with Crippen LogP contribution in [0.5, 0.6) is 0 Å². The molecule has 2 saturated heterocycles. The molecule has 2 heterocycles. The molecular weight excluding hydrogens is 202 g/mol. The second kappa shape index (κ2) is 5.53. The van der Waals surface area contributed by atoms with Crippen LogP contribution < -0.4 is 0 Å². The third-order valence-corrected chi connectivity index (χ3v) is 3.72. The first-order chi connectivity index (χ1) is 7.81. The first kappa shape index (κ1) is 11.7. The van der Waals surface area contributed by atoms with Crippen LogP contribution in [0.3, 0.4) is 0 Å². The molecule has 0 atom stereocenters. The molecule has 0 aromatic carbocycles. The van der Waals surface area contributed by atoms with E-state index in [1.54, 1.807) is 0 Å². The van der Waals surface area contributed by atoms with E-state index in [2.05, 4.69) is 11.8 Å². The number of nitrogens with zero attached hydrogens (tertiary/aromatic N) is 3. The summed E-state index contributed by atoms with van der Waals surface area (Å²) in [6, 6.07) is 0.274. The molecule has 0 saturated carbocycles. The van der Waals surface area contributed by atoms with Crippen molar-refractivity contribution in [2.24, 2.45) is 0 Å². The van der Waals surface area contributed by atoms with E-state index in [-0.39, 0.29) is 6.03 Å². The number of urea groups is 1. The molecule has 2 aliphatic heterocycles. The normalized spacial score (nSPS) is 23.6. The van der Waals surface area contributed by atoms with Gasteiger partial charge in [-0.15, -0.1) is 0 Å². The summed E-state index contributed by atoms with van der Waals surface area (Å²) in [4.78, 5) is 18.6. The Hall–Kier alpha value is -0.770. The van der Waals surface area contributed by atoms with Gasteiger partial charge in [-0.05, 0) is 25.8 Å². The molecule has 2 rings (SSSR count). The Bertz CT molecular complexity index is 230. The molecule has 0 bridgehead atoms. The lowest BCUT2D eigenvalue weighted by atomic mass is 10.1. The van der Waals surface area contributed by atoms with E-state index in [0.29, 0.717) is 0 Å². The van der Waals surface area contributed by atoms with Gasteiger partial charge in [-0.3, -0.25) is 0 Å². The fourth-order valence-electron chi connectivity index (χ4n) is 2.54. The van der Waals surface area contributed by atoms with Gasteiger partial charge in [0.25, 0.3) is 0 Å². The standard InChI is InChI=1S/C12H23N3O/c1-2-13-8-10-15(11-9-13)12(16)14-6-4-3-5-7-14/h2-11H2,1H3. The maximum atomic E-state index is 12.2. The molecule has 2 aliphatic rings. The number of rotatable bonds is 1. The molecule has 2 fully saturated rings. The average Bonchev–Trinajstić information content (AvgIpc) is 2.39. The molecule has 16 heavy (non-hydrogen) atoms. The van der Waals surface area contributed by atoms with Crippen LogP contribution in [0.4, 0.5) is 4.79 Å². The molecule has 4 nitrogen and oxygen atoms in total. The van der Waals surface area contributed by atoms with Crippen molar-refractivity contribution in [2.45, 2.75) is 26.2 Å². The van der Waals surface area contributed by atoms with E-state index in [4.69, 9.17) is 0 Å². The highest BCUT2D eigenvalue weighted by molar-refractivity contribution is 5.74. The number of piperazine rings is 1. The topological polar surface area (TPSA) is 26.8 Å². The van der Waals surface area contributed by atoms with Crippen molar-refractivity contribution < 1.29 is 4.79 Å². The van der Waals surface area contributed by atoms with Crippen molar-refractivity contribution in [2.75, 3.05) is 45.8 Å². The van der Waals surface area contributed by atoms with Gasteiger partial charge in [0, 0.05) is 39.3 Å². The molecule has 0 spiro atoms. The second-order valence-corrected chi connectivity index (χ2v) is 4.75. The van der Waals surface area contributed by atoms with Crippen LogP contribution >= 0.6 is 0 Å². The lowest BCUT2D eigenvalue weighted by Gasteiger charge is -2.38. The lowest BCUT2D eigenvalue weighted by Crippen LogP contribution is -2.53. The highest BCUT2D eigenvalue weighted by atomic mass is 16.2. The smallest absolute Gasteiger partial charge is 0.320 e. The number of likely N-dealkylation sites (tertiary alicyclic amines) is 1. The van der Waals surface area contributed by atoms with Crippen molar-refractivity contribution in [3.8, 4) is 0 Å². The number of amides is 2. The zero-order valence-corrected chi connectivity index (χ0v) is 10.3. The number of piperidine rings is 1. The van der Waals surface area contributed by atoms with Crippen LogP contribution in [0.1, 0.15) is 26.2 Å². The molecule has 0 aromatic rings. The first-order valence-electron chi connectivity index (χ1n) is 6.57.